The lowest BCUT2D eigenvalue weighted by Gasteiger charge is -2.36. The highest BCUT2D eigenvalue weighted by molar-refractivity contribution is 5.73. The first-order valence-electron chi connectivity index (χ1n) is 7.87. The Labute approximate surface area is 136 Å². The zero-order valence-electron chi connectivity index (χ0n) is 13.5. The number of hydrogen-bond acceptors (Lipinski definition) is 5. The van der Waals surface area contributed by atoms with E-state index in [9.17, 15) is 4.79 Å². The lowest BCUT2D eigenvalue weighted by Crippen LogP contribution is -2.45. The van der Waals surface area contributed by atoms with Crippen LogP contribution in [0.2, 0.25) is 0 Å². The number of carbonyl (C=O) groups excluding carboxylic acids is 1. The maximum absolute atomic E-state index is 11.5. The highest BCUT2D eigenvalue weighted by Crippen LogP contribution is 2.23. The quantitative estimate of drug-likeness (QED) is 0.867. The normalized spacial score (nSPS) is 15.5. The smallest absolute Gasteiger partial charge is 0.219 e. The number of aromatic nitrogens is 3. The van der Waals surface area contributed by atoms with Crippen LogP contribution in [0, 0.1) is 0 Å². The molecule has 0 aromatic carbocycles. The molecule has 2 aromatic rings. The molecule has 0 saturated carbocycles. The molecule has 2 aromatic heterocycles. The predicted octanol–water partition coefficient (Wildman–Crippen LogP) is 1.99. The summed E-state index contributed by atoms with van der Waals surface area (Å²) in [5, 5.41) is 0. The number of rotatable bonds is 3. The highest BCUT2D eigenvalue weighted by atomic mass is 16.2. The molecule has 1 fully saturated rings. The van der Waals surface area contributed by atoms with Gasteiger partial charge in [0.25, 0.3) is 0 Å². The van der Waals surface area contributed by atoms with Crippen LogP contribution in [-0.2, 0) is 4.79 Å². The molecule has 1 aliphatic heterocycles. The molecule has 6 nitrogen and oxygen atoms in total. The zero-order valence-corrected chi connectivity index (χ0v) is 13.5. The van der Waals surface area contributed by atoms with E-state index in [2.05, 4.69) is 19.9 Å². The third-order valence-electron chi connectivity index (χ3n) is 4.41. The highest BCUT2D eigenvalue weighted by Gasteiger charge is 2.24. The summed E-state index contributed by atoms with van der Waals surface area (Å²) in [4.78, 5) is 28.6. The molecule has 1 amide bonds. The molecule has 0 radical (unpaired) electrons. The van der Waals surface area contributed by atoms with Gasteiger partial charge >= 0.3 is 0 Å². The fourth-order valence-corrected chi connectivity index (χ4v) is 2.91. The monoisotopic (exact) mass is 311 g/mol. The van der Waals surface area contributed by atoms with Crippen molar-refractivity contribution in [3.63, 3.8) is 0 Å². The van der Waals surface area contributed by atoms with Crippen molar-refractivity contribution < 1.29 is 4.79 Å². The van der Waals surface area contributed by atoms with Crippen molar-refractivity contribution >= 4 is 11.7 Å². The van der Waals surface area contributed by atoms with Crippen LogP contribution in [0.15, 0.2) is 36.8 Å². The number of anilines is 1. The predicted molar refractivity (Wildman–Crippen MR) is 88.9 cm³/mol. The Balaban J connectivity index is 1.71. The van der Waals surface area contributed by atoms with Gasteiger partial charge in [-0.25, -0.2) is 9.97 Å². The third kappa shape index (κ3) is 3.47. The standard InChI is InChI=1S/C17H21N5O/c1-13(23)21(2)14-6-9-22(10-7-14)17-11-16(19-12-20-17)15-5-3-4-8-18-15/h3-5,8,11-12,14H,6-7,9-10H2,1-2H3. The van der Waals surface area contributed by atoms with Gasteiger partial charge in [-0.2, -0.15) is 0 Å². The molecule has 0 aliphatic carbocycles. The van der Waals surface area contributed by atoms with Crippen LogP contribution in [-0.4, -0.2) is 51.9 Å². The molecule has 0 bridgehead atoms. The summed E-state index contributed by atoms with van der Waals surface area (Å²) in [7, 11) is 1.88. The van der Waals surface area contributed by atoms with Gasteiger partial charge in [0, 0.05) is 45.4 Å². The SMILES string of the molecule is CC(=O)N(C)C1CCN(c2cc(-c3ccccn3)ncn2)CC1. The number of hydrogen-bond donors (Lipinski definition) is 0. The summed E-state index contributed by atoms with van der Waals surface area (Å²) >= 11 is 0. The van der Waals surface area contributed by atoms with Gasteiger partial charge < -0.3 is 9.80 Å². The van der Waals surface area contributed by atoms with Gasteiger partial charge in [-0.1, -0.05) is 6.07 Å². The van der Waals surface area contributed by atoms with Gasteiger partial charge in [-0.05, 0) is 25.0 Å². The van der Waals surface area contributed by atoms with Crippen LogP contribution in [0.4, 0.5) is 5.82 Å². The largest absolute Gasteiger partial charge is 0.356 e. The molecule has 1 saturated heterocycles. The van der Waals surface area contributed by atoms with Gasteiger partial charge in [-0.3, -0.25) is 9.78 Å². The van der Waals surface area contributed by atoms with E-state index in [1.54, 1.807) is 19.4 Å². The molecule has 0 N–H and O–H groups in total. The summed E-state index contributed by atoms with van der Waals surface area (Å²) < 4.78 is 0. The van der Waals surface area contributed by atoms with Crippen molar-refractivity contribution in [3.05, 3.63) is 36.8 Å². The fraction of sp³-hybridized carbons (Fsp3) is 0.412. The first-order chi connectivity index (χ1) is 11.1. The van der Waals surface area contributed by atoms with Crippen molar-refractivity contribution in [1.29, 1.82) is 0 Å². The van der Waals surface area contributed by atoms with Crippen LogP contribution >= 0.6 is 0 Å². The van der Waals surface area contributed by atoms with E-state index in [0.29, 0.717) is 6.04 Å². The minimum Gasteiger partial charge on any atom is -0.356 e. The molecule has 120 valence electrons. The average molecular weight is 311 g/mol. The van der Waals surface area contributed by atoms with Crippen LogP contribution in [0.5, 0.6) is 0 Å². The number of piperidine rings is 1. The van der Waals surface area contributed by atoms with E-state index in [-0.39, 0.29) is 5.91 Å². The van der Waals surface area contributed by atoms with Crippen LogP contribution < -0.4 is 4.90 Å². The van der Waals surface area contributed by atoms with Gasteiger partial charge in [0.15, 0.2) is 0 Å². The first-order valence-corrected chi connectivity index (χ1v) is 7.87. The van der Waals surface area contributed by atoms with Crippen molar-refractivity contribution in [2.24, 2.45) is 0 Å². The molecule has 23 heavy (non-hydrogen) atoms. The Morgan fingerprint density at radius 1 is 1.17 bits per heavy atom. The maximum atomic E-state index is 11.5. The van der Waals surface area contributed by atoms with Gasteiger partial charge in [0.2, 0.25) is 5.91 Å². The topological polar surface area (TPSA) is 62.2 Å². The van der Waals surface area contributed by atoms with E-state index in [1.165, 1.54) is 0 Å². The minimum absolute atomic E-state index is 0.128. The summed E-state index contributed by atoms with van der Waals surface area (Å²) in [5.74, 6) is 1.05. The van der Waals surface area contributed by atoms with Gasteiger partial charge in [0.05, 0.1) is 11.4 Å². The molecule has 3 rings (SSSR count). The lowest BCUT2D eigenvalue weighted by atomic mass is 10.0. The first kappa shape index (κ1) is 15.4. The van der Waals surface area contributed by atoms with Crippen molar-refractivity contribution in [2.75, 3.05) is 25.0 Å². The summed E-state index contributed by atoms with van der Waals surface area (Å²) in [5.41, 5.74) is 1.68. The molecule has 0 spiro atoms. The molecule has 0 unspecified atom stereocenters. The van der Waals surface area contributed by atoms with E-state index in [0.717, 1.165) is 43.1 Å². The van der Waals surface area contributed by atoms with Gasteiger partial charge in [-0.15, -0.1) is 0 Å². The molecular formula is C17H21N5O. The van der Waals surface area contributed by atoms with E-state index >= 15 is 0 Å². The Bertz CT molecular complexity index is 668. The lowest BCUT2D eigenvalue weighted by molar-refractivity contribution is -0.129. The second-order valence-corrected chi connectivity index (χ2v) is 5.82. The van der Waals surface area contributed by atoms with Crippen molar-refractivity contribution in [3.8, 4) is 11.4 Å². The number of amides is 1. The Morgan fingerprint density at radius 2 is 1.96 bits per heavy atom. The summed E-state index contributed by atoms with van der Waals surface area (Å²) in [6.45, 7) is 3.40. The summed E-state index contributed by atoms with van der Waals surface area (Å²) in [6, 6.07) is 8.09. The Kier molecular flexibility index (Phi) is 4.50. The Morgan fingerprint density at radius 3 is 2.61 bits per heavy atom. The van der Waals surface area contributed by atoms with E-state index < -0.39 is 0 Å². The van der Waals surface area contributed by atoms with Crippen LogP contribution in [0.3, 0.4) is 0 Å². The molecule has 0 atom stereocenters. The zero-order chi connectivity index (χ0) is 16.2. The maximum Gasteiger partial charge on any atom is 0.219 e. The molecule has 3 heterocycles. The number of pyridine rings is 1. The van der Waals surface area contributed by atoms with Crippen LogP contribution in [0.1, 0.15) is 19.8 Å². The minimum atomic E-state index is 0.128. The van der Waals surface area contributed by atoms with Gasteiger partial charge in [0.1, 0.15) is 12.1 Å². The van der Waals surface area contributed by atoms with E-state index in [1.807, 2.05) is 36.2 Å². The van der Waals surface area contributed by atoms with Crippen molar-refractivity contribution in [2.45, 2.75) is 25.8 Å². The molecule has 1 aliphatic rings. The number of carbonyl (C=O) groups is 1. The second kappa shape index (κ2) is 6.73. The van der Waals surface area contributed by atoms with Crippen LogP contribution in [0.25, 0.3) is 11.4 Å². The molecule has 6 heteroatoms. The van der Waals surface area contributed by atoms with E-state index in [4.69, 9.17) is 0 Å². The molecular weight excluding hydrogens is 290 g/mol. The fourth-order valence-electron chi connectivity index (χ4n) is 2.91. The Hall–Kier alpha value is -2.50. The average Bonchev–Trinajstić information content (AvgIpc) is 2.62. The van der Waals surface area contributed by atoms with Crippen molar-refractivity contribution in [1.82, 2.24) is 19.9 Å². The number of nitrogens with zero attached hydrogens (tertiary/aromatic N) is 5. The second-order valence-electron chi connectivity index (χ2n) is 5.82. The third-order valence-corrected chi connectivity index (χ3v) is 4.41. The summed E-state index contributed by atoms with van der Waals surface area (Å²) in [6.07, 6.45) is 5.27.